The SMILES string of the molecule is CC(=O)N1CCc2cc(C(=O)NC3CCCNC3C)ccc21.Cl. The predicted octanol–water partition coefficient (Wildman–Crippen LogP) is 1.89. The second-order valence-corrected chi connectivity index (χ2v) is 6.23. The van der Waals surface area contributed by atoms with Crippen LogP contribution >= 0.6 is 12.4 Å². The summed E-state index contributed by atoms with van der Waals surface area (Å²) in [5.41, 5.74) is 2.70. The minimum atomic E-state index is -0.0235. The monoisotopic (exact) mass is 337 g/mol. The van der Waals surface area contributed by atoms with E-state index in [1.807, 2.05) is 18.2 Å². The van der Waals surface area contributed by atoms with Crippen LogP contribution in [-0.4, -0.2) is 37.0 Å². The molecule has 3 rings (SSSR count). The molecule has 5 nitrogen and oxygen atoms in total. The largest absolute Gasteiger partial charge is 0.348 e. The fourth-order valence-electron chi connectivity index (χ4n) is 3.36. The van der Waals surface area contributed by atoms with Gasteiger partial charge in [-0.2, -0.15) is 0 Å². The highest BCUT2D eigenvalue weighted by atomic mass is 35.5. The highest BCUT2D eigenvalue weighted by Crippen LogP contribution is 2.29. The van der Waals surface area contributed by atoms with Gasteiger partial charge in [-0.15, -0.1) is 12.4 Å². The molecular formula is C17H24ClN3O2. The van der Waals surface area contributed by atoms with E-state index >= 15 is 0 Å². The molecule has 2 unspecified atom stereocenters. The van der Waals surface area contributed by atoms with Gasteiger partial charge in [0.15, 0.2) is 0 Å². The first-order chi connectivity index (χ1) is 10.6. The first kappa shape index (κ1) is 17.8. The number of nitrogens with one attached hydrogen (secondary N) is 2. The third-order valence-corrected chi connectivity index (χ3v) is 4.70. The van der Waals surface area contributed by atoms with Gasteiger partial charge in [0, 0.05) is 36.8 Å². The molecule has 2 aliphatic heterocycles. The smallest absolute Gasteiger partial charge is 0.251 e. The van der Waals surface area contributed by atoms with Crippen LogP contribution in [0.25, 0.3) is 0 Å². The van der Waals surface area contributed by atoms with Crippen LogP contribution in [0.2, 0.25) is 0 Å². The van der Waals surface area contributed by atoms with Crippen LogP contribution in [0.4, 0.5) is 5.69 Å². The summed E-state index contributed by atoms with van der Waals surface area (Å²) >= 11 is 0. The van der Waals surface area contributed by atoms with E-state index in [0.717, 1.165) is 37.1 Å². The Bertz CT molecular complexity index is 606. The minimum absolute atomic E-state index is 0. The summed E-state index contributed by atoms with van der Waals surface area (Å²) in [6.45, 7) is 5.41. The zero-order chi connectivity index (χ0) is 15.7. The van der Waals surface area contributed by atoms with E-state index in [2.05, 4.69) is 17.6 Å². The van der Waals surface area contributed by atoms with Gasteiger partial charge in [-0.1, -0.05) is 0 Å². The van der Waals surface area contributed by atoms with Crippen molar-refractivity contribution in [2.24, 2.45) is 0 Å². The zero-order valence-corrected chi connectivity index (χ0v) is 14.4. The standard InChI is InChI=1S/C17H23N3O2.ClH/c1-11-15(4-3-8-18-11)19-17(22)14-5-6-16-13(10-14)7-9-20(16)12(2)21;/h5-6,10-11,15,18H,3-4,7-9H2,1-2H3,(H,19,22);1H. The summed E-state index contributed by atoms with van der Waals surface area (Å²) in [6, 6.07) is 6.12. The van der Waals surface area contributed by atoms with Crippen LogP contribution in [0.3, 0.4) is 0 Å². The topological polar surface area (TPSA) is 61.4 Å². The number of carbonyl (C=O) groups excluding carboxylic acids is 2. The first-order valence-corrected chi connectivity index (χ1v) is 8.01. The average molecular weight is 338 g/mol. The van der Waals surface area contributed by atoms with E-state index in [0.29, 0.717) is 18.2 Å². The highest BCUT2D eigenvalue weighted by Gasteiger charge is 2.25. The number of hydrogen-bond donors (Lipinski definition) is 2. The van der Waals surface area contributed by atoms with Gasteiger partial charge >= 0.3 is 0 Å². The summed E-state index contributed by atoms with van der Waals surface area (Å²) < 4.78 is 0. The highest BCUT2D eigenvalue weighted by molar-refractivity contribution is 5.98. The van der Waals surface area contributed by atoms with Crippen molar-refractivity contribution in [3.05, 3.63) is 29.3 Å². The van der Waals surface area contributed by atoms with E-state index in [1.54, 1.807) is 11.8 Å². The number of hydrogen-bond acceptors (Lipinski definition) is 3. The maximum absolute atomic E-state index is 12.5. The van der Waals surface area contributed by atoms with E-state index in [1.165, 1.54) is 0 Å². The molecule has 2 aliphatic rings. The lowest BCUT2D eigenvalue weighted by molar-refractivity contribution is -0.116. The van der Waals surface area contributed by atoms with E-state index in [9.17, 15) is 9.59 Å². The molecule has 23 heavy (non-hydrogen) atoms. The van der Waals surface area contributed by atoms with Crippen molar-refractivity contribution < 1.29 is 9.59 Å². The fraction of sp³-hybridized carbons (Fsp3) is 0.529. The molecule has 1 aromatic carbocycles. The van der Waals surface area contributed by atoms with Crippen LogP contribution in [0.15, 0.2) is 18.2 Å². The molecule has 6 heteroatoms. The number of nitrogens with zero attached hydrogens (tertiary/aromatic N) is 1. The Kier molecular flexibility index (Phi) is 5.65. The van der Waals surface area contributed by atoms with Crippen LogP contribution < -0.4 is 15.5 Å². The molecular weight excluding hydrogens is 314 g/mol. The fourth-order valence-corrected chi connectivity index (χ4v) is 3.36. The molecule has 1 saturated heterocycles. The molecule has 0 aliphatic carbocycles. The molecule has 0 radical (unpaired) electrons. The second-order valence-electron chi connectivity index (χ2n) is 6.23. The van der Waals surface area contributed by atoms with Crippen molar-refractivity contribution in [2.45, 2.75) is 45.2 Å². The normalized spacial score (nSPS) is 23.0. The third-order valence-electron chi connectivity index (χ3n) is 4.70. The Balaban J connectivity index is 0.00000192. The maximum atomic E-state index is 12.5. The summed E-state index contributed by atoms with van der Waals surface area (Å²) in [4.78, 5) is 25.8. The molecule has 1 fully saturated rings. The second kappa shape index (κ2) is 7.32. The van der Waals surface area contributed by atoms with Gasteiger partial charge in [0.05, 0.1) is 0 Å². The third kappa shape index (κ3) is 3.67. The van der Waals surface area contributed by atoms with E-state index < -0.39 is 0 Å². The van der Waals surface area contributed by atoms with Gasteiger partial charge in [0.25, 0.3) is 5.91 Å². The summed E-state index contributed by atoms with van der Waals surface area (Å²) in [6.07, 6.45) is 2.92. The zero-order valence-electron chi connectivity index (χ0n) is 13.6. The summed E-state index contributed by atoms with van der Waals surface area (Å²) in [7, 11) is 0. The van der Waals surface area contributed by atoms with Gasteiger partial charge in [-0.3, -0.25) is 9.59 Å². The number of carbonyl (C=O) groups is 2. The number of rotatable bonds is 2. The average Bonchev–Trinajstić information content (AvgIpc) is 2.92. The first-order valence-electron chi connectivity index (χ1n) is 8.01. The van der Waals surface area contributed by atoms with Gasteiger partial charge in [0.2, 0.25) is 5.91 Å². The number of piperidine rings is 1. The van der Waals surface area contributed by atoms with Crippen molar-refractivity contribution >= 4 is 29.9 Å². The van der Waals surface area contributed by atoms with Crippen LogP contribution in [0, 0.1) is 0 Å². The molecule has 0 bridgehead atoms. The lowest BCUT2D eigenvalue weighted by Gasteiger charge is -2.30. The number of fused-ring (bicyclic) bond motifs is 1. The summed E-state index contributed by atoms with van der Waals surface area (Å²) in [5, 5.41) is 6.52. The van der Waals surface area contributed by atoms with Crippen LogP contribution in [-0.2, 0) is 11.2 Å². The Morgan fingerprint density at radius 3 is 2.83 bits per heavy atom. The molecule has 2 amide bonds. The molecule has 0 spiro atoms. The lowest BCUT2D eigenvalue weighted by Crippen LogP contribution is -2.51. The van der Waals surface area contributed by atoms with Gasteiger partial charge in [-0.05, 0) is 56.5 Å². The molecule has 0 aromatic heterocycles. The van der Waals surface area contributed by atoms with E-state index in [4.69, 9.17) is 0 Å². The lowest BCUT2D eigenvalue weighted by atomic mass is 9.99. The molecule has 2 N–H and O–H groups in total. The van der Waals surface area contributed by atoms with Crippen molar-refractivity contribution in [3.8, 4) is 0 Å². The quantitative estimate of drug-likeness (QED) is 0.866. The number of anilines is 1. The van der Waals surface area contributed by atoms with Crippen LogP contribution in [0.5, 0.6) is 0 Å². The van der Waals surface area contributed by atoms with Crippen molar-refractivity contribution in [3.63, 3.8) is 0 Å². The predicted molar refractivity (Wildman–Crippen MR) is 93.4 cm³/mol. The Hall–Kier alpha value is -1.59. The molecule has 1 aromatic rings. The molecule has 2 heterocycles. The van der Waals surface area contributed by atoms with Crippen molar-refractivity contribution in [1.82, 2.24) is 10.6 Å². The van der Waals surface area contributed by atoms with Gasteiger partial charge in [-0.25, -0.2) is 0 Å². The van der Waals surface area contributed by atoms with Gasteiger partial charge < -0.3 is 15.5 Å². The van der Waals surface area contributed by atoms with Gasteiger partial charge in [0.1, 0.15) is 0 Å². The molecule has 126 valence electrons. The Morgan fingerprint density at radius 1 is 1.35 bits per heavy atom. The number of halogens is 1. The molecule has 0 saturated carbocycles. The minimum Gasteiger partial charge on any atom is -0.348 e. The number of amides is 2. The number of benzene rings is 1. The van der Waals surface area contributed by atoms with E-state index in [-0.39, 0.29) is 30.3 Å². The van der Waals surface area contributed by atoms with Crippen LogP contribution in [0.1, 0.15) is 42.6 Å². The summed E-state index contributed by atoms with van der Waals surface area (Å²) in [5.74, 6) is 0.0303. The van der Waals surface area contributed by atoms with Crippen molar-refractivity contribution in [2.75, 3.05) is 18.0 Å². The van der Waals surface area contributed by atoms with Crippen molar-refractivity contribution in [1.29, 1.82) is 0 Å². The maximum Gasteiger partial charge on any atom is 0.251 e. The Labute approximate surface area is 143 Å². The molecule has 2 atom stereocenters. The Morgan fingerprint density at radius 2 is 2.13 bits per heavy atom.